The van der Waals surface area contributed by atoms with Crippen molar-refractivity contribution in [3.05, 3.63) is 354 Å². The summed E-state index contributed by atoms with van der Waals surface area (Å²) in [5.41, 5.74) is 21.1. The SMILES string of the molecule is C1=CCC(N(c2ccc(-c3ccc(-c4ccccc4)s3)cc2)c2ccc(C3C=CC(N(c4ccc(C5=CC=C(c6ccccc6)CC5)cc4)c4ccc(-c5ccc(N(c6ccccc6)C6C=CC(c7ccc(C8CC=CCC8)s7)=CC6)cc5)cc4)=CC3)cc2)C=C1. The van der Waals surface area contributed by atoms with Crippen molar-refractivity contribution < 1.29 is 0 Å². The van der Waals surface area contributed by atoms with Gasteiger partial charge in [0.25, 0.3) is 0 Å². The van der Waals surface area contributed by atoms with Crippen molar-refractivity contribution in [2.75, 3.05) is 14.7 Å². The third-order valence-electron chi connectivity index (χ3n) is 18.7. The van der Waals surface area contributed by atoms with Crippen LogP contribution in [0.25, 0.3) is 48.7 Å². The van der Waals surface area contributed by atoms with Gasteiger partial charge in [0.2, 0.25) is 0 Å². The van der Waals surface area contributed by atoms with Crippen LogP contribution in [-0.4, -0.2) is 12.1 Å². The monoisotopic (exact) mass is 1210 g/mol. The van der Waals surface area contributed by atoms with Gasteiger partial charge in [-0.15, -0.1) is 22.7 Å². The van der Waals surface area contributed by atoms with Crippen LogP contribution in [0.1, 0.15) is 89.6 Å². The van der Waals surface area contributed by atoms with Crippen molar-refractivity contribution in [3.63, 3.8) is 0 Å². The molecule has 0 radical (unpaired) electrons. The van der Waals surface area contributed by atoms with Crippen molar-refractivity contribution in [3.8, 4) is 32.0 Å². The summed E-state index contributed by atoms with van der Waals surface area (Å²) in [5.74, 6) is 0.905. The summed E-state index contributed by atoms with van der Waals surface area (Å²) in [4.78, 5) is 12.9. The van der Waals surface area contributed by atoms with E-state index < -0.39 is 0 Å². The molecule has 0 bridgehead atoms. The van der Waals surface area contributed by atoms with E-state index in [0.29, 0.717) is 5.92 Å². The molecule has 4 atom stereocenters. The Labute approximate surface area is 545 Å². The number of nitrogens with zero attached hydrogens (tertiary/aromatic N) is 3. The minimum Gasteiger partial charge on any atom is -0.334 e. The van der Waals surface area contributed by atoms with E-state index in [9.17, 15) is 0 Å². The lowest BCUT2D eigenvalue weighted by atomic mass is 9.90. The fraction of sp³-hybridized carbons (Fsp3) is 0.140. The Morgan fingerprint density at radius 3 is 1.43 bits per heavy atom. The number of allylic oxidation sites excluding steroid dienone is 13. The van der Waals surface area contributed by atoms with Gasteiger partial charge in [-0.3, -0.25) is 0 Å². The highest BCUT2D eigenvalue weighted by molar-refractivity contribution is 7.18. The average molecular weight is 1210 g/mol. The molecule has 0 saturated heterocycles. The zero-order valence-corrected chi connectivity index (χ0v) is 52.9. The zero-order chi connectivity index (χ0) is 60.7. The maximum absolute atomic E-state index is 2.50. The molecule has 3 nitrogen and oxygen atoms in total. The largest absolute Gasteiger partial charge is 0.334 e. The molecule has 5 aliphatic rings. The average Bonchev–Trinajstić information content (AvgIpc) is 4.34. The van der Waals surface area contributed by atoms with Crippen LogP contribution in [0.3, 0.4) is 0 Å². The van der Waals surface area contributed by atoms with Gasteiger partial charge in [-0.2, -0.15) is 0 Å². The first-order valence-electron chi connectivity index (χ1n) is 32.5. The predicted octanol–water partition coefficient (Wildman–Crippen LogP) is 24.2. The van der Waals surface area contributed by atoms with Gasteiger partial charge in [-0.05, 0) is 216 Å². The van der Waals surface area contributed by atoms with Gasteiger partial charge >= 0.3 is 0 Å². The fourth-order valence-electron chi connectivity index (χ4n) is 13.8. The highest BCUT2D eigenvalue weighted by Gasteiger charge is 2.25. The van der Waals surface area contributed by atoms with Gasteiger partial charge in [0.15, 0.2) is 0 Å². The van der Waals surface area contributed by atoms with E-state index in [1.54, 1.807) is 0 Å². The van der Waals surface area contributed by atoms with Crippen LogP contribution < -0.4 is 14.7 Å². The minimum absolute atomic E-state index is 0.196. The standard InChI is InChI=1S/C86H73N3S2/c1-6-16-62(17-7-1)63-26-28-64(29-27-63)65-30-48-78(49-31-65)89(79-50-36-68(37-51-79)66-32-44-76(45-33-66)87(74-22-12-4-13-23-74)81-54-40-72(41-55-81)85-60-58-83(90-85)70-18-8-2-9-19-70)80-52-38-69(39-53-80)67-34-46-77(47-35-67)88(75-24-14-5-15-25-75)82-56-42-73(43-57-82)86-61-59-84(91-86)71-20-10-3-11-21-71/h1-10,12-19,22,24-26,28,30-36,38-56,58-61,68,71,74,82H,11,20-21,23,27,29,37,57H2. The van der Waals surface area contributed by atoms with Crippen molar-refractivity contribution in [1.29, 1.82) is 0 Å². The second-order valence-corrected chi connectivity index (χ2v) is 26.6. The van der Waals surface area contributed by atoms with Gasteiger partial charge in [0.05, 0.1) is 12.1 Å². The highest BCUT2D eigenvalue weighted by atomic mass is 32.1. The maximum atomic E-state index is 2.50. The van der Waals surface area contributed by atoms with Crippen molar-refractivity contribution in [2.45, 2.75) is 75.3 Å². The third kappa shape index (κ3) is 12.7. The Morgan fingerprint density at radius 2 is 0.879 bits per heavy atom. The molecule has 0 aliphatic heterocycles. The number of para-hydroxylation sites is 1. The lowest BCUT2D eigenvalue weighted by molar-refractivity contribution is 0.627. The smallest absolute Gasteiger partial charge is 0.0560 e. The lowest BCUT2D eigenvalue weighted by Gasteiger charge is -2.33. The second kappa shape index (κ2) is 26.7. The Balaban J connectivity index is 0.674. The molecule has 10 aromatic rings. The van der Waals surface area contributed by atoms with E-state index >= 15 is 0 Å². The first-order valence-corrected chi connectivity index (χ1v) is 34.1. The van der Waals surface area contributed by atoms with Crippen molar-refractivity contribution in [1.82, 2.24) is 0 Å². The number of hydrogen-bond donors (Lipinski definition) is 0. The van der Waals surface area contributed by atoms with Gasteiger partial charge in [-0.25, -0.2) is 0 Å². The topological polar surface area (TPSA) is 9.72 Å². The highest BCUT2D eigenvalue weighted by Crippen LogP contribution is 2.43. The number of anilines is 6. The molecule has 444 valence electrons. The van der Waals surface area contributed by atoms with Crippen LogP contribution in [0.2, 0.25) is 0 Å². The van der Waals surface area contributed by atoms with Crippen LogP contribution >= 0.6 is 22.7 Å². The molecule has 0 amide bonds. The molecule has 15 rings (SSSR count). The van der Waals surface area contributed by atoms with E-state index in [-0.39, 0.29) is 18.0 Å². The summed E-state index contributed by atoms with van der Waals surface area (Å²) >= 11 is 3.83. The predicted molar refractivity (Wildman–Crippen MR) is 391 cm³/mol. The number of thiophene rings is 2. The Morgan fingerprint density at radius 1 is 0.352 bits per heavy atom. The van der Waals surface area contributed by atoms with Crippen LogP contribution in [-0.2, 0) is 0 Å². The Bertz CT molecular complexity index is 4440. The lowest BCUT2D eigenvalue weighted by Crippen LogP contribution is -2.30. The van der Waals surface area contributed by atoms with E-state index in [4.69, 9.17) is 0 Å². The van der Waals surface area contributed by atoms with Gasteiger partial charge in [0.1, 0.15) is 0 Å². The van der Waals surface area contributed by atoms with Crippen LogP contribution in [0.5, 0.6) is 0 Å². The normalized spacial score (nSPS) is 18.5. The van der Waals surface area contributed by atoms with Crippen molar-refractivity contribution >= 4 is 73.5 Å². The first-order chi connectivity index (χ1) is 45.1. The Kier molecular flexibility index (Phi) is 16.9. The summed E-state index contributed by atoms with van der Waals surface area (Å²) in [6.07, 6.45) is 41.1. The van der Waals surface area contributed by atoms with Gasteiger partial charge < -0.3 is 14.7 Å². The number of hydrogen-bond acceptors (Lipinski definition) is 5. The molecule has 2 heterocycles. The van der Waals surface area contributed by atoms with E-state index in [2.05, 4.69) is 336 Å². The summed E-state index contributed by atoms with van der Waals surface area (Å²) in [6, 6.07) is 88.1. The molecule has 0 saturated carbocycles. The van der Waals surface area contributed by atoms with E-state index in [1.807, 2.05) is 22.7 Å². The molecule has 2 aromatic heterocycles. The molecule has 5 aliphatic carbocycles. The van der Waals surface area contributed by atoms with Crippen molar-refractivity contribution in [2.24, 2.45) is 0 Å². The molecule has 0 fully saturated rings. The summed E-state index contributed by atoms with van der Waals surface area (Å²) in [5, 5.41) is 0. The zero-order valence-electron chi connectivity index (χ0n) is 51.2. The molecule has 91 heavy (non-hydrogen) atoms. The molecule has 0 spiro atoms. The summed E-state index contributed by atoms with van der Waals surface area (Å²) in [7, 11) is 0. The van der Waals surface area contributed by atoms with E-state index in [1.165, 1.54) is 116 Å². The summed E-state index contributed by atoms with van der Waals surface area (Å²) < 4.78 is 0. The molecular weight excluding hydrogens is 1140 g/mol. The summed E-state index contributed by atoms with van der Waals surface area (Å²) in [6.45, 7) is 0. The molecule has 8 aromatic carbocycles. The van der Waals surface area contributed by atoms with Crippen LogP contribution in [0.15, 0.2) is 327 Å². The number of rotatable bonds is 17. The van der Waals surface area contributed by atoms with Crippen LogP contribution in [0.4, 0.5) is 34.1 Å². The quantitative estimate of drug-likeness (QED) is 0.0842. The van der Waals surface area contributed by atoms with Gasteiger partial charge in [-0.1, -0.05) is 219 Å². The maximum Gasteiger partial charge on any atom is 0.0560 e. The van der Waals surface area contributed by atoms with Crippen LogP contribution in [0, 0.1) is 0 Å². The Hall–Kier alpha value is -9.78. The molecule has 0 N–H and O–H groups in total. The molecular formula is C86H73N3S2. The number of benzene rings is 8. The molecule has 5 heteroatoms. The fourth-order valence-corrected chi connectivity index (χ4v) is 16.0. The van der Waals surface area contributed by atoms with E-state index in [0.717, 1.165) is 49.9 Å². The van der Waals surface area contributed by atoms with Gasteiger partial charge in [0, 0.05) is 65.2 Å². The second-order valence-electron chi connectivity index (χ2n) is 24.4. The third-order valence-corrected chi connectivity index (χ3v) is 21.2. The minimum atomic E-state index is 0.196. The first kappa shape index (κ1) is 57.6. The molecule has 4 unspecified atom stereocenters.